The van der Waals surface area contributed by atoms with Crippen molar-refractivity contribution in [1.29, 1.82) is 0 Å². The summed E-state index contributed by atoms with van der Waals surface area (Å²) in [6.45, 7) is -0.0177. The van der Waals surface area contributed by atoms with Crippen LogP contribution in [0.4, 0.5) is 0 Å². The van der Waals surface area contributed by atoms with Gasteiger partial charge in [-0.25, -0.2) is 0 Å². The van der Waals surface area contributed by atoms with Crippen LogP contribution in [0.15, 0.2) is 18.2 Å². The summed E-state index contributed by atoms with van der Waals surface area (Å²) >= 11 is 5.61. The molecule has 1 aromatic carbocycles. The molecule has 1 N–H and O–H groups in total. The van der Waals surface area contributed by atoms with Gasteiger partial charge < -0.3 is 5.11 Å². The van der Waals surface area contributed by atoms with Gasteiger partial charge in [0.1, 0.15) is 0 Å². The largest absolute Gasteiger partial charge is 0.392 e. The first-order chi connectivity index (χ1) is 4.34. The Bertz CT molecular complexity index is 198. The zero-order valence-corrected chi connectivity index (χ0v) is 5.52. The van der Waals surface area contributed by atoms with Crippen molar-refractivity contribution in [2.24, 2.45) is 0 Å². The van der Waals surface area contributed by atoms with Gasteiger partial charge in [0, 0.05) is 6.07 Å². The summed E-state index contributed by atoms with van der Waals surface area (Å²) in [6.07, 6.45) is 0. The van der Waals surface area contributed by atoms with Crippen molar-refractivity contribution < 1.29 is 5.11 Å². The van der Waals surface area contributed by atoms with Crippen molar-refractivity contribution in [3.8, 4) is 0 Å². The summed E-state index contributed by atoms with van der Waals surface area (Å²) in [4.78, 5) is 0. The maximum absolute atomic E-state index is 8.61. The van der Waals surface area contributed by atoms with Crippen molar-refractivity contribution in [1.82, 2.24) is 0 Å². The van der Waals surface area contributed by atoms with E-state index >= 15 is 0 Å². The molecule has 0 unspecified atom stereocenters. The van der Waals surface area contributed by atoms with Crippen LogP contribution in [0.3, 0.4) is 0 Å². The smallest absolute Gasteiger partial charge is 0.0696 e. The fraction of sp³-hybridized carbons (Fsp3) is 0.143. The molecule has 2 heteroatoms. The Kier molecular flexibility index (Phi) is 2.09. The Morgan fingerprint density at radius 2 is 2.44 bits per heavy atom. The minimum absolute atomic E-state index is 0.0177. The molecule has 0 aromatic heterocycles. The number of hydrogen-bond donors (Lipinski definition) is 1. The molecule has 1 nitrogen and oxygen atoms in total. The van der Waals surface area contributed by atoms with Crippen molar-refractivity contribution >= 4 is 11.6 Å². The second-order valence-electron chi connectivity index (χ2n) is 1.67. The van der Waals surface area contributed by atoms with Crippen molar-refractivity contribution in [3.05, 3.63) is 34.9 Å². The number of aliphatic hydroxyl groups excluding tert-OH is 1. The molecule has 0 amide bonds. The molecule has 1 rings (SSSR count). The minimum atomic E-state index is -0.0177. The summed E-state index contributed by atoms with van der Waals surface area (Å²) in [6, 6.07) is 8.02. The monoisotopic (exact) mass is 141 g/mol. The number of rotatable bonds is 1. The lowest BCUT2D eigenvalue weighted by Gasteiger charge is -1.95. The molecule has 47 valence electrons. The highest BCUT2D eigenvalue weighted by Gasteiger charge is 1.93. The zero-order chi connectivity index (χ0) is 6.69. The number of aliphatic hydroxyl groups is 1. The van der Waals surface area contributed by atoms with Gasteiger partial charge in [-0.2, -0.15) is 0 Å². The van der Waals surface area contributed by atoms with Crippen molar-refractivity contribution in [2.45, 2.75) is 6.61 Å². The van der Waals surface area contributed by atoms with Crippen LogP contribution in [0.25, 0.3) is 0 Å². The predicted molar refractivity (Wildman–Crippen MR) is 36.2 cm³/mol. The normalized spacial score (nSPS) is 9.56. The van der Waals surface area contributed by atoms with E-state index in [1.807, 2.05) is 0 Å². The Labute approximate surface area is 58.9 Å². The Morgan fingerprint density at radius 3 is 2.89 bits per heavy atom. The van der Waals surface area contributed by atoms with Gasteiger partial charge in [-0.1, -0.05) is 29.8 Å². The van der Waals surface area contributed by atoms with Crippen LogP contribution in [-0.2, 0) is 6.61 Å². The molecule has 1 aromatic rings. The SMILES string of the molecule is OCc1ccc[c]c1Cl. The predicted octanol–water partition coefficient (Wildman–Crippen LogP) is 1.63. The highest BCUT2D eigenvalue weighted by molar-refractivity contribution is 6.31. The first-order valence-corrected chi connectivity index (χ1v) is 2.98. The quantitative estimate of drug-likeness (QED) is 0.631. The first kappa shape index (κ1) is 6.59. The molecule has 0 aliphatic rings. The van der Waals surface area contributed by atoms with Crippen LogP contribution in [0.5, 0.6) is 0 Å². The van der Waals surface area contributed by atoms with Gasteiger partial charge in [0.05, 0.1) is 11.6 Å². The van der Waals surface area contributed by atoms with E-state index in [0.717, 1.165) is 5.56 Å². The third-order valence-electron chi connectivity index (χ3n) is 1.06. The molecule has 0 aliphatic heterocycles. The lowest BCUT2D eigenvalue weighted by atomic mass is 10.2. The van der Waals surface area contributed by atoms with E-state index in [9.17, 15) is 0 Å². The molecule has 0 heterocycles. The summed E-state index contributed by atoms with van der Waals surface area (Å²) in [5.41, 5.74) is 0.721. The molecule has 0 bridgehead atoms. The molecule has 0 fully saturated rings. The molecule has 0 spiro atoms. The average Bonchev–Trinajstić information content (AvgIpc) is 1.89. The van der Waals surface area contributed by atoms with Crippen LogP contribution in [0.1, 0.15) is 5.56 Å². The van der Waals surface area contributed by atoms with Gasteiger partial charge in [-0.05, 0) is 5.56 Å². The molecule has 0 saturated heterocycles. The topological polar surface area (TPSA) is 20.2 Å². The molecular weight excluding hydrogens is 136 g/mol. The minimum Gasteiger partial charge on any atom is -0.392 e. The van der Waals surface area contributed by atoms with E-state index in [1.165, 1.54) is 0 Å². The van der Waals surface area contributed by atoms with Crippen LogP contribution in [0, 0.1) is 6.07 Å². The van der Waals surface area contributed by atoms with Gasteiger partial charge in [0.25, 0.3) is 0 Å². The first-order valence-electron chi connectivity index (χ1n) is 2.60. The maximum Gasteiger partial charge on any atom is 0.0696 e. The molecule has 0 saturated carbocycles. The Hall–Kier alpha value is -0.530. The number of hydrogen-bond acceptors (Lipinski definition) is 1. The van der Waals surface area contributed by atoms with E-state index < -0.39 is 0 Å². The lowest BCUT2D eigenvalue weighted by molar-refractivity contribution is 0.282. The van der Waals surface area contributed by atoms with E-state index in [4.69, 9.17) is 16.7 Å². The number of halogens is 1. The molecule has 1 radical (unpaired) electrons. The van der Waals surface area contributed by atoms with E-state index in [1.54, 1.807) is 18.2 Å². The molecule has 0 atom stereocenters. The third-order valence-corrected chi connectivity index (χ3v) is 1.41. The average molecular weight is 142 g/mol. The second kappa shape index (κ2) is 2.85. The van der Waals surface area contributed by atoms with Crippen LogP contribution >= 0.6 is 11.6 Å². The van der Waals surface area contributed by atoms with Gasteiger partial charge >= 0.3 is 0 Å². The third kappa shape index (κ3) is 1.44. The van der Waals surface area contributed by atoms with Gasteiger partial charge in [-0.3, -0.25) is 0 Å². The fourth-order valence-corrected chi connectivity index (χ4v) is 0.759. The van der Waals surface area contributed by atoms with E-state index in [0.29, 0.717) is 5.02 Å². The number of benzene rings is 1. The van der Waals surface area contributed by atoms with Gasteiger partial charge in [0.2, 0.25) is 0 Å². The van der Waals surface area contributed by atoms with Crippen LogP contribution in [-0.4, -0.2) is 5.11 Å². The van der Waals surface area contributed by atoms with Crippen molar-refractivity contribution in [3.63, 3.8) is 0 Å². The standard InChI is InChI=1S/C7H6ClO/c8-7-4-2-1-3-6(7)5-9/h1-3,9H,5H2. The summed E-state index contributed by atoms with van der Waals surface area (Å²) < 4.78 is 0. The second-order valence-corrected chi connectivity index (χ2v) is 2.05. The van der Waals surface area contributed by atoms with Gasteiger partial charge in [0.15, 0.2) is 0 Å². The van der Waals surface area contributed by atoms with Crippen LogP contribution in [0.2, 0.25) is 5.02 Å². The molecule has 9 heavy (non-hydrogen) atoms. The highest BCUT2D eigenvalue weighted by atomic mass is 35.5. The zero-order valence-electron chi connectivity index (χ0n) is 4.76. The lowest BCUT2D eigenvalue weighted by Crippen LogP contribution is -1.81. The van der Waals surface area contributed by atoms with Gasteiger partial charge in [-0.15, -0.1) is 0 Å². The van der Waals surface area contributed by atoms with Crippen LogP contribution < -0.4 is 0 Å². The summed E-state index contributed by atoms with van der Waals surface area (Å²) in [5.74, 6) is 0. The fourth-order valence-electron chi connectivity index (χ4n) is 0.574. The highest BCUT2D eigenvalue weighted by Crippen LogP contribution is 2.12. The summed E-state index contributed by atoms with van der Waals surface area (Å²) in [7, 11) is 0. The Balaban J connectivity index is 3.01. The molecular formula is C7H6ClO. The Morgan fingerprint density at radius 1 is 1.67 bits per heavy atom. The van der Waals surface area contributed by atoms with Crippen molar-refractivity contribution in [2.75, 3.05) is 0 Å². The maximum atomic E-state index is 8.61. The summed E-state index contributed by atoms with van der Waals surface area (Å²) in [5, 5.41) is 9.11. The molecule has 0 aliphatic carbocycles. The van der Waals surface area contributed by atoms with E-state index in [-0.39, 0.29) is 6.61 Å². The van der Waals surface area contributed by atoms with E-state index in [2.05, 4.69) is 6.07 Å².